The first-order chi connectivity index (χ1) is 8.63. The van der Waals surface area contributed by atoms with Gasteiger partial charge in [0.2, 0.25) is 0 Å². The van der Waals surface area contributed by atoms with Gasteiger partial charge in [-0.05, 0) is 30.5 Å². The van der Waals surface area contributed by atoms with Crippen LogP contribution in [0.5, 0.6) is 5.75 Å². The Labute approximate surface area is 108 Å². The van der Waals surface area contributed by atoms with Crippen LogP contribution >= 0.6 is 0 Å². The number of aliphatic hydroxyl groups excluding tert-OH is 1. The molecule has 102 valence electrons. The molecular weight excluding hydrogens is 235 g/mol. The third-order valence-corrected chi connectivity index (χ3v) is 2.52. The molecule has 3 nitrogen and oxygen atoms in total. The van der Waals surface area contributed by atoms with Gasteiger partial charge in [0.1, 0.15) is 18.2 Å². The SMILES string of the molecule is CC(C)CCOCCOc1ccc(F)cc1CO. The summed E-state index contributed by atoms with van der Waals surface area (Å²) in [5.74, 6) is 0.759. The fourth-order valence-electron chi connectivity index (χ4n) is 1.44. The van der Waals surface area contributed by atoms with Gasteiger partial charge in [-0.3, -0.25) is 0 Å². The number of aliphatic hydroxyl groups is 1. The molecule has 0 saturated carbocycles. The second-order valence-electron chi connectivity index (χ2n) is 4.55. The van der Waals surface area contributed by atoms with E-state index in [-0.39, 0.29) is 12.4 Å². The summed E-state index contributed by atoms with van der Waals surface area (Å²) in [5, 5.41) is 9.07. The van der Waals surface area contributed by atoms with Crippen molar-refractivity contribution in [1.29, 1.82) is 0 Å². The van der Waals surface area contributed by atoms with Gasteiger partial charge in [-0.15, -0.1) is 0 Å². The second-order valence-corrected chi connectivity index (χ2v) is 4.55. The average molecular weight is 256 g/mol. The Kier molecular flexibility index (Phi) is 6.68. The van der Waals surface area contributed by atoms with E-state index in [4.69, 9.17) is 14.6 Å². The summed E-state index contributed by atoms with van der Waals surface area (Å²) in [7, 11) is 0. The van der Waals surface area contributed by atoms with Crippen molar-refractivity contribution >= 4 is 0 Å². The van der Waals surface area contributed by atoms with Gasteiger partial charge in [0.25, 0.3) is 0 Å². The number of rotatable bonds is 8. The Morgan fingerprint density at radius 3 is 2.67 bits per heavy atom. The van der Waals surface area contributed by atoms with E-state index in [1.807, 2.05) is 0 Å². The molecule has 0 atom stereocenters. The standard InChI is InChI=1S/C14H21FO3/c1-11(2)5-6-17-7-8-18-14-4-3-13(15)9-12(14)10-16/h3-4,9,11,16H,5-8,10H2,1-2H3. The van der Waals surface area contributed by atoms with Crippen molar-refractivity contribution in [2.45, 2.75) is 26.9 Å². The van der Waals surface area contributed by atoms with Crippen LogP contribution in [0.2, 0.25) is 0 Å². The lowest BCUT2D eigenvalue weighted by atomic mass is 10.1. The fourth-order valence-corrected chi connectivity index (χ4v) is 1.44. The van der Waals surface area contributed by atoms with Crippen LogP contribution in [-0.2, 0) is 11.3 Å². The van der Waals surface area contributed by atoms with E-state index in [1.54, 1.807) is 0 Å². The van der Waals surface area contributed by atoms with Crippen molar-refractivity contribution in [3.63, 3.8) is 0 Å². The number of ether oxygens (including phenoxy) is 2. The van der Waals surface area contributed by atoms with Crippen LogP contribution in [0.25, 0.3) is 0 Å². The lowest BCUT2D eigenvalue weighted by Crippen LogP contribution is -2.09. The molecule has 0 fully saturated rings. The zero-order valence-electron chi connectivity index (χ0n) is 11.0. The predicted octanol–water partition coefficient (Wildman–Crippen LogP) is 2.76. The minimum atomic E-state index is -0.375. The fraction of sp³-hybridized carbons (Fsp3) is 0.571. The molecule has 1 aromatic carbocycles. The largest absolute Gasteiger partial charge is 0.491 e. The van der Waals surface area contributed by atoms with Crippen LogP contribution in [0.1, 0.15) is 25.8 Å². The maximum atomic E-state index is 12.9. The van der Waals surface area contributed by atoms with Crippen molar-refractivity contribution < 1.29 is 19.0 Å². The summed E-state index contributed by atoms with van der Waals surface area (Å²) in [6.07, 6.45) is 1.03. The molecule has 0 bridgehead atoms. The lowest BCUT2D eigenvalue weighted by molar-refractivity contribution is 0.0917. The van der Waals surface area contributed by atoms with Crippen LogP contribution in [0, 0.1) is 11.7 Å². The molecule has 18 heavy (non-hydrogen) atoms. The van der Waals surface area contributed by atoms with E-state index >= 15 is 0 Å². The molecule has 1 rings (SSSR count). The van der Waals surface area contributed by atoms with Crippen molar-refractivity contribution in [1.82, 2.24) is 0 Å². The molecule has 0 aliphatic rings. The molecule has 0 radical (unpaired) electrons. The van der Waals surface area contributed by atoms with E-state index in [2.05, 4.69) is 13.8 Å². The highest BCUT2D eigenvalue weighted by molar-refractivity contribution is 5.33. The van der Waals surface area contributed by atoms with Gasteiger partial charge in [0.15, 0.2) is 0 Å². The minimum absolute atomic E-state index is 0.235. The summed E-state index contributed by atoms with van der Waals surface area (Å²) < 4.78 is 23.7. The molecule has 0 aromatic heterocycles. The monoisotopic (exact) mass is 256 g/mol. The molecular formula is C14H21FO3. The smallest absolute Gasteiger partial charge is 0.125 e. The summed E-state index contributed by atoms with van der Waals surface area (Å²) in [4.78, 5) is 0. The van der Waals surface area contributed by atoms with Gasteiger partial charge in [0.05, 0.1) is 13.2 Å². The number of hydrogen-bond donors (Lipinski definition) is 1. The minimum Gasteiger partial charge on any atom is -0.491 e. The molecule has 0 heterocycles. The summed E-state index contributed by atoms with van der Waals surface area (Å²) >= 11 is 0. The highest BCUT2D eigenvalue weighted by Crippen LogP contribution is 2.19. The number of benzene rings is 1. The molecule has 0 aliphatic heterocycles. The van der Waals surface area contributed by atoms with E-state index < -0.39 is 0 Å². The van der Waals surface area contributed by atoms with Crippen LogP contribution in [-0.4, -0.2) is 24.9 Å². The third-order valence-electron chi connectivity index (χ3n) is 2.52. The van der Waals surface area contributed by atoms with Crippen molar-refractivity contribution in [3.8, 4) is 5.75 Å². The van der Waals surface area contributed by atoms with Gasteiger partial charge in [-0.1, -0.05) is 13.8 Å². The van der Waals surface area contributed by atoms with Crippen LogP contribution in [0.4, 0.5) is 4.39 Å². The first kappa shape index (κ1) is 14.9. The molecule has 0 amide bonds. The summed E-state index contributed by atoms with van der Waals surface area (Å²) in [6.45, 7) is 5.67. The van der Waals surface area contributed by atoms with Crippen molar-refractivity contribution in [2.75, 3.05) is 19.8 Å². The molecule has 0 saturated heterocycles. The first-order valence-corrected chi connectivity index (χ1v) is 6.23. The van der Waals surface area contributed by atoms with Crippen LogP contribution in [0.3, 0.4) is 0 Å². The Morgan fingerprint density at radius 1 is 1.22 bits per heavy atom. The Balaban J connectivity index is 2.27. The van der Waals surface area contributed by atoms with Crippen LogP contribution < -0.4 is 4.74 Å². The van der Waals surface area contributed by atoms with Gasteiger partial charge in [0, 0.05) is 12.2 Å². The second kappa shape index (κ2) is 8.06. The zero-order valence-corrected chi connectivity index (χ0v) is 11.0. The average Bonchev–Trinajstić information content (AvgIpc) is 2.34. The topological polar surface area (TPSA) is 38.7 Å². The quantitative estimate of drug-likeness (QED) is 0.727. The Bertz CT molecular complexity index is 353. The van der Waals surface area contributed by atoms with Gasteiger partial charge in [-0.2, -0.15) is 0 Å². The molecule has 0 spiro atoms. The highest BCUT2D eigenvalue weighted by atomic mass is 19.1. The van der Waals surface area contributed by atoms with Crippen molar-refractivity contribution in [3.05, 3.63) is 29.6 Å². The van der Waals surface area contributed by atoms with E-state index in [0.29, 0.717) is 30.4 Å². The van der Waals surface area contributed by atoms with Gasteiger partial charge >= 0.3 is 0 Å². The third kappa shape index (κ3) is 5.47. The molecule has 0 aliphatic carbocycles. The maximum Gasteiger partial charge on any atom is 0.125 e. The maximum absolute atomic E-state index is 12.9. The summed E-state index contributed by atoms with van der Waals surface area (Å²) in [5.41, 5.74) is 0.456. The first-order valence-electron chi connectivity index (χ1n) is 6.23. The van der Waals surface area contributed by atoms with Gasteiger partial charge in [-0.25, -0.2) is 4.39 Å². The Morgan fingerprint density at radius 2 is 2.00 bits per heavy atom. The van der Waals surface area contributed by atoms with E-state index in [1.165, 1.54) is 18.2 Å². The molecule has 1 N–H and O–H groups in total. The number of hydrogen-bond acceptors (Lipinski definition) is 3. The Hall–Kier alpha value is -1.13. The summed E-state index contributed by atoms with van der Waals surface area (Å²) in [6, 6.07) is 4.11. The van der Waals surface area contributed by atoms with Gasteiger partial charge < -0.3 is 14.6 Å². The van der Waals surface area contributed by atoms with Crippen molar-refractivity contribution in [2.24, 2.45) is 5.92 Å². The normalized spacial score (nSPS) is 10.9. The lowest BCUT2D eigenvalue weighted by Gasteiger charge is -2.11. The molecule has 4 heteroatoms. The highest BCUT2D eigenvalue weighted by Gasteiger charge is 2.04. The predicted molar refractivity (Wildman–Crippen MR) is 68.1 cm³/mol. The van der Waals surface area contributed by atoms with E-state index in [0.717, 1.165) is 13.0 Å². The van der Waals surface area contributed by atoms with E-state index in [9.17, 15) is 4.39 Å². The number of halogens is 1. The zero-order chi connectivity index (χ0) is 13.4. The molecule has 1 aromatic rings. The van der Waals surface area contributed by atoms with Crippen LogP contribution in [0.15, 0.2) is 18.2 Å². The molecule has 0 unspecified atom stereocenters.